The number of rotatable bonds is 8. The van der Waals surface area contributed by atoms with E-state index < -0.39 is 21.7 Å². The summed E-state index contributed by atoms with van der Waals surface area (Å²) in [6, 6.07) is 9.59. The minimum atomic E-state index is -3.75. The SMILES string of the molecule is C[C@H](NS(=O)(=O)C=Cc1nn(-c2ccc(F)cc2F)c2c1CCCCC2Cc1cccc(F)c1)C1CCCCC1. The number of aromatic nitrogens is 2. The molecule has 0 bridgehead atoms. The number of nitrogens with zero attached hydrogens (tertiary/aromatic N) is 2. The Morgan fingerprint density at radius 2 is 1.75 bits per heavy atom. The van der Waals surface area contributed by atoms with Crippen LogP contribution in [-0.2, 0) is 22.9 Å². The van der Waals surface area contributed by atoms with Crippen molar-refractivity contribution in [2.24, 2.45) is 5.92 Å². The van der Waals surface area contributed by atoms with Crippen molar-refractivity contribution >= 4 is 16.1 Å². The van der Waals surface area contributed by atoms with Gasteiger partial charge in [0.2, 0.25) is 10.0 Å². The maximum absolute atomic E-state index is 15.0. The lowest BCUT2D eigenvalue weighted by molar-refractivity contribution is 0.303. The molecule has 214 valence electrons. The Bertz CT molecular complexity index is 1480. The Morgan fingerprint density at radius 3 is 2.50 bits per heavy atom. The topological polar surface area (TPSA) is 64.0 Å². The standard InChI is InChI=1S/C31H36F3N3O2S/c1-21(23-9-3-2-4-10-23)36-40(38,39)17-16-29-27-13-6-5-11-24(18-22-8-7-12-25(32)19-22)31(27)37(35-29)30-15-14-26(33)20-28(30)34/h7-8,12,14-17,19-21,23-24,36H,2-6,9-11,13,18H2,1H3/t21-,24?/m0/s1. The van der Waals surface area contributed by atoms with Crippen molar-refractivity contribution in [3.05, 3.63) is 87.8 Å². The summed E-state index contributed by atoms with van der Waals surface area (Å²) in [5.74, 6) is -1.57. The van der Waals surface area contributed by atoms with Gasteiger partial charge in [0.05, 0.1) is 11.4 Å². The Hall–Kier alpha value is -2.91. The fourth-order valence-electron chi connectivity index (χ4n) is 6.29. The molecule has 40 heavy (non-hydrogen) atoms. The zero-order valence-electron chi connectivity index (χ0n) is 22.8. The predicted octanol–water partition coefficient (Wildman–Crippen LogP) is 7.20. The minimum absolute atomic E-state index is 0.0929. The van der Waals surface area contributed by atoms with Crippen molar-refractivity contribution in [1.29, 1.82) is 0 Å². The van der Waals surface area contributed by atoms with Gasteiger partial charge in [-0.25, -0.2) is 31.0 Å². The number of hydrogen-bond acceptors (Lipinski definition) is 3. The lowest BCUT2D eigenvalue weighted by atomic mass is 9.85. The van der Waals surface area contributed by atoms with Gasteiger partial charge in [0.15, 0.2) is 5.82 Å². The fraction of sp³-hybridized carbons (Fsp3) is 0.452. The second-order valence-electron chi connectivity index (χ2n) is 11.2. The summed E-state index contributed by atoms with van der Waals surface area (Å²) < 4.78 is 73.2. The summed E-state index contributed by atoms with van der Waals surface area (Å²) in [4.78, 5) is 0. The van der Waals surface area contributed by atoms with Crippen molar-refractivity contribution in [3.63, 3.8) is 0 Å². The summed E-state index contributed by atoms with van der Waals surface area (Å²) in [6.07, 6.45) is 10.6. The van der Waals surface area contributed by atoms with Gasteiger partial charge >= 0.3 is 0 Å². The molecule has 0 radical (unpaired) electrons. The first-order chi connectivity index (χ1) is 19.2. The van der Waals surface area contributed by atoms with Crippen LogP contribution in [0.25, 0.3) is 11.8 Å². The van der Waals surface area contributed by atoms with Crippen LogP contribution in [0.4, 0.5) is 13.2 Å². The van der Waals surface area contributed by atoms with Gasteiger partial charge in [-0.2, -0.15) is 5.10 Å². The second-order valence-corrected chi connectivity index (χ2v) is 12.8. The van der Waals surface area contributed by atoms with E-state index in [-0.39, 0.29) is 23.5 Å². The number of benzene rings is 2. The zero-order chi connectivity index (χ0) is 28.3. The molecule has 5 rings (SSSR count). The van der Waals surface area contributed by atoms with Crippen LogP contribution in [-0.4, -0.2) is 24.2 Å². The molecule has 2 aliphatic rings. The molecule has 5 nitrogen and oxygen atoms in total. The Kier molecular flexibility index (Phi) is 8.80. The van der Waals surface area contributed by atoms with Crippen LogP contribution in [0.5, 0.6) is 0 Å². The average Bonchev–Trinajstić information content (AvgIpc) is 3.14. The van der Waals surface area contributed by atoms with Crippen molar-refractivity contribution in [1.82, 2.24) is 14.5 Å². The van der Waals surface area contributed by atoms with Crippen LogP contribution in [0.3, 0.4) is 0 Å². The summed E-state index contributed by atoms with van der Waals surface area (Å²) in [6.45, 7) is 1.91. The van der Waals surface area contributed by atoms with E-state index in [1.165, 1.54) is 41.4 Å². The minimum Gasteiger partial charge on any atom is -0.234 e. The summed E-state index contributed by atoms with van der Waals surface area (Å²) in [5.41, 5.74) is 2.95. The van der Waals surface area contributed by atoms with Crippen molar-refractivity contribution in [2.45, 2.75) is 83.1 Å². The van der Waals surface area contributed by atoms with Crippen molar-refractivity contribution in [2.75, 3.05) is 0 Å². The van der Waals surface area contributed by atoms with Crippen LogP contribution < -0.4 is 4.72 Å². The molecular formula is C31H36F3N3O2S. The molecule has 1 fully saturated rings. The number of halogens is 3. The van der Waals surface area contributed by atoms with Gasteiger partial charge in [-0.3, -0.25) is 0 Å². The fourth-order valence-corrected chi connectivity index (χ4v) is 7.38. The highest BCUT2D eigenvalue weighted by Crippen LogP contribution is 2.37. The molecule has 2 aliphatic carbocycles. The number of hydrogen-bond donors (Lipinski definition) is 1. The van der Waals surface area contributed by atoms with Gasteiger partial charge in [-0.15, -0.1) is 0 Å². The monoisotopic (exact) mass is 571 g/mol. The lowest BCUT2D eigenvalue weighted by Gasteiger charge is -2.27. The second kappa shape index (κ2) is 12.3. The lowest BCUT2D eigenvalue weighted by Crippen LogP contribution is -2.37. The Morgan fingerprint density at radius 1 is 1.00 bits per heavy atom. The first kappa shape index (κ1) is 28.6. The molecule has 1 N–H and O–H groups in total. The van der Waals surface area contributed by atoms with Gasteiger partial charge in [0, 0.05) is 29.0 Å². The van der Waals surface area contributed by atoms with Gasteiger partial charge in [0.25, 0.3) is 0 Å². The highest BCUT2D eigenvalue weighted by atomic mass is 32.2. The maximum Gasteiger partial charge on any atom is 0.234 e. The zero-order valence-corrected chi connectivity index (χ0v) is 23.6. The van der Waals surface area contributed by atoms with Crippen LogP contribution in [0.2, 0.25) is 0 Å². The van der Waals surface area contributed by atoms with Gasteiger partial charge in [-0.05, 0) is 87.3 Å². The molecule has 2 aromatic carbocycles. The predicted molar refractivity (Wildman–Crippen MR) is 151 cm³/mol. The molecular weight excluding hydrogens is 535 g/mol. The molecule has 0 spiro atoms. The normalized spacial score (nSPS) is 19.4. The number of fused-ring (bicyclic) bond motifs is 1. The van der Waals surface area contributed by atoms with Gasteiger partial charge < -0.3 is 0 Å². The molecule has 1 heterocycles. The highest BCUT2D eigenvalue weighted by molar-refractivity contribution is 7.92. The summed E-state index contributed by atoms with van der Waals surface area (Å²) in [7, 11) is -3.75. The smallest absolute Gasteiger partial charge is 0.234 e. The van der Waals surface area contributed by atoms with Crippen LogP contribution >= 0.6 is 0 Å². The van der Waals surface area contributed by atoms with E-state index in [1.54, 1.807) is 6.07 Å². The van der Waals surface area contributed by atoms with E-state index in [2.05, 4.69) is 9.82 Å². The van der Waals surface area contributed by atoms with Gasteiger partial charge in [0.1, 0.15) is 17.3 Å². The van der Waals surface area contributed by atoms with Crippen LogP contribution in [0.1, 0.15) is 86.7 Å². The maximum atomic E-state index is 15.0. The third kappa shape index (κ3) is 6.69. The molecule has 1 aromatic heterocycles. The van der Waals surface area contributed by atoms with E-state index in [1.807, 2.05) is 13.0 Å². The molecule has 0 aliphatic heterocycles. The number of sulfonamides is 1. The van der Waals surface area contributed by atoms with E-state index in [4.69, 9.17) is 0 Å². The first-order valence-corrected chi connectivity index (χ1v) is 15.8. The van der Waals surface area contributed by atoms with Crippen molar-refractivity contribution in [3.8, 4) is 5.69 Å². The van der Waals surface area contributed by atoms with Crippen molar-refractivity contribution < 1.29 is 21.6 Å². The quantitative estimate of drug-likeness (QED) is 0.291. The third-order valence-corrected chi connectivity index (χ3v) is 9.49. The number of nitrogens with one attached hydrogen (secondary N) is 1. The summed E-state index contributed by atoms with van der Waals surface area (Å²) in [5, 5.41) is 5.82. The van der Waals surface area contributed by atoms with Crippen LogP contribution in [0, 0.1) is 23.4 Å². The first-order valence-electron chi connectivity index (χ1n) is 14.2. The highest BCUT2D eigenvalue weighted by Gasteiger charge is 2.29. The molecule has 1 saturated carbocycles. The molecule has 3 aromatic rings. The van der Waals surface area contributed by atoms with Crippen LogP contribution in [0.15, 0.2) is 47.9 Å². The van der Waals surface area contributed by atoms with E-state index in [9.17, 15) is 17.2 Å². The molecule has 1 unspecified atom stereocenters. The summed E-state index contributed by atoms with van der Waals surface area (Å²) >= 11 is 0. The van der Waals surface area contributed by atoms with E-state index in [0.29, 0.717) is 24.5 Å². The third-order valence-electron chi connectivity index (χ3n) is 8.29. The molecule has 0 saturated heterocycles. The van der Waals surface area contributed by atoms with Gasteiger partial charge in [-0.1, -0.05) is 37.8 Å². The average molecular weight is 572 g/mol. The Labute approximate surface area is 234 Å². The van der Waals surface area contributed by atoms with E-state index in [0.717, 1.165) is 73.2 Å². The largest absolute Gasteiger partial charge is 0.234 e. The Balaban J connectivity index is 1.52. The molecule has 2 atom stereocenters. The molecule has 9 heteroatoms. The van der Waals surface area contributed by atoms with E-state index >= 15 is 4.39 Å². The molecule has 0 amide bonds.